The third-order valence-electron chi connectivity index (χ3n) is 4.20. The minimum absolute atomic E-state index is 0.0548. The number of amides is 1. The van der Waals surface area contributed by atoms with Gasteiger partial charge in [0.15, 0.2) is 5.65 Å². The molecule has 0 N–H and O–H groups in total. The van der Waals surface area contributed by atoms with Crippen LogP contribution in [0.15, 0.2) is 59.8 Å². The fraction of sp³-hybridized carbons (Fsp3) is 0.300. The standard InChI is InChI=1S/C20H22N4O2/c1-20(2,3)24(12-15-8-5-4-6-9-15)17(25)13-23-14-22-18-16(19(23)26)10-7-11-21-18/h4-11,14H,12-13H2,1-3H3. The lowest BCUT2D eigenvalue weighted by atomic mass is 10.0. The van der Waals surface area contributed by atoms with Gasteiger partial charge in [-0.25, -0.2) is 9.97 Å². The number of nitrogens with zero attached hydrogens (tertiary/aromatic N) is 4. The highest BCUT2D eigenvalue weighted by Gasteiger charge is 2.27. The Balaban J connectivity index is 1.88. The van der Waals surface area contributed by atoms with Gasteiger partial charge in [0.05, 0.1) is 5.39 Å². The number of hydrogen-bond acceptors (Lipinski definition) is 4. The maximum Gasteiger partial charge on any atom is 0.263 e. The van der Waals surface area contributed by atoms with Crippen LogP contribution in [0.3, 0.4) is 0 Å². The molecule has 2 heterocycles. The maximum atomic E-state index is 13.0. The van der Waals surface area contributed by atoms with Crippen molar-refractivity contribution in [3.8, 4) is 0 Å². The maximum absolute atomic E-state index is 13.0. The Labute approximate surface area is 152 Å². The number of carbonyl (C=O) groups is 1. The van der Waals surface area contributed by atoms with Gasteiger partial charge in [-0.1, -0.05) is 30.3 Å². The molecule has 0 saturated carbocycles. The van der Waals surface area contributed by atoms with E-state index >= 15 is 0 Å². The highest BCUT2D eigenvalue weighted by molar-refractivity contribution is 5.78. The van der Waals surface area contributed by atoms with E-state index in [1.54, 1.807) is 23.2 Å². The molecular weight excluding hydrogens is 328 g/mol. The predicted molar refractivity (Wildman–Crippen MR) is 101 cm³/mol. The monoisotopic (exact) mass is 350 g/mol. The molecular formula is C20H22N4O2. The van der Waals surface area contributed by atoms with Crippen molar-refractivity contribution in [3.05, 3.63) is 70.9 Å². The summed E-state index contributed by atoms with van der Waals surface area (Å²) in [7, 11) is 0. The van der Waals surface area contributed by atoms with Crippen molar-refractivity contribution >= 4 is 16.9 Å². The molecule has 0 saturated heterocycles. The van der Waals surface area contributed by atoms with Gasteiger partial charge in [-0.05, 0) is 38.5 Å². The van der Waals surface area contributed by atoms with Gasteiger partial charge < -0.3 is 4.90 Å². The summed E-state index contributed by atoms with van der Waals surface area (Å²) in [5.74, 6) is -0.131. The number of aromatic nitrogens is 3. The Morgan fingerprint density at radius 2 is 1.81 bits per heavy atom. The third kappa shape index (κ3) is 3.79. The van der Waals surface area contributed by atoms with Crippen molar-refractivity contribution in [1.29, 1.82) is 0 Å². The molecule has 3 rings (SSSR count). The first kappa shape index (κ1) is 17.8. The summed E-state index contributed by atoms with van der Waals surface area (Å²) in [4.78, 5) is 35.6. The lowest BCUT2D eigenvalue weighted by molar-refractivity contribution is -0.137. The number of carbonyl (C=O) groups excluding carboxylic acids is 1. The van der Waals surface area contributed by atoms with Gasteiger partial charge in [0.2, 0.25) is 5.91 Å². The molecule has 0 atom stereocenters. The normalized spacial score (nSPS) is 11.5. The largest absolute Gasteiger partial charge is 0.332 e. The third-order valence-corrected chi connectivity index (χ3v) is 4.20. The Kier molecular flexibility index (Phi) is 4.84. The molecule has 0 radical (unpaired) electrons. The van der Waals surface area contributed by atoms with E-state index in [2.05, 4.69) is 9.97 Å². The van der Waals surface area contributed by atoms with E-state index < -0.39 is 0 Å². The second kappa shape index (κ2) is 7.07. The van der Waals surface area contributed by atoms with Crippen molar-refractivity contribution in [2.45, 2.75) is 39.4 Å². The van der Waals surface area contributed by atoms with Crippen LogP contribution in [0.25, 0.3) is 11.0 Å². The molecule has 6 nitrogen and oxygen atoms in total. The predicted octanol–water partition coefficient (Wildman–Crippen LogP) is 2.62. The van der Waals surface area contributed by atoms with Crippen LogP contribution in [0.5, 0.6) is 0 Å². The molecule has 0 bridgehead atoms. The minimum Gasteiger partial charge on any atom is -0.332 e. The Hall–Kier alpha value is -3.02. The van der Waals surface area contributed by atoms with Crippen LogP contribution in [-0.4, -0.2) is 30.9 Å². The van der Waals surface area contributed by atoms with Gasteiger partial charge in [0.25, 0.3) is 5.56 Å². The minimum atomic E-state index is -0.373. The van der Waals surface area contributed by atoms with Crippen LogP contribution in [0.1, 0.15) is 26.3 Å². The van der Waals surface area contributed by atoms with E-state index in [9.17, 15) is 9.59 Å². The fourth-order valence-corrected chi connectivity index (χ4v) is 2.81. The van der Waals surface area contributed by atoms with Crippen LogP contribution >= 0.6 is 0 Å². The highest BCUT2D eigenvalue weighted by Crippen LogP contribution is 2.18. The Bertz CT molecular complexity index is 974. The molecule has 0 aliphatic heterocycles. The lowest BCUT2D eigenvalue weighted by Gasteiger charge is -2.36. The van der Waals surface area contributed by atoms with E-state index in [0.717, 1.165) is 5.56 Å². The van der Waals surface area contributed by atoms with Crippen molar-refractivity contribution in [2.24, 2.45) is 0 Å². The zero-order valence-corrected chi connectivity index (χ0v) is 15.2. The van der Waals surface area contributed by atoms with Crippen molar-refractivity contribution in [1.82, 2.24) is 19.4 Å². The lowest BCUT2D eigenvalue weighted by Crippen LogP contribution is -2.47. The molecule has 1 amide bonds. The quantitative estimate of drug-likeness (QED) is 0.725. The molecule has 0 aliphatic carbocycles. The zero-order valence-electron chi connectivity index (χ0n) is 15.2. The molecule has 2 aromatic heterocycles. The number of pyridine rings is 1. The van der Waals surface area contributed by atoms with Crippen molar-refractivity contribution < 1.29 is 4.79 Å². The topological polar surface area (TPSA) is 68.1 Å². The van der Waals surface area contributed by atoms with Gasteiger partial charge in [-0.3, -0.25) is 14.2 Å². The molecule has 6 heteroatoms. The molecule has 134 valence electrons. The van der Waals surface area contributed by atoms with Crippen LogP contribution in [0, 0.1) is 0 Å². The van der Waals surface area contributed by atoms with E-state index in [1.807, 2.05) is 51.1 Å². The second-order valence-corrected chi connectivity index (χ2v) is 7.19. The van der Waals surface area contributed by atoms with Crippen molar-refractivity contribution in [3.63, 3.8) is 0 Å². The molecule has 0 aliphatic rings. The summed E-state index contributed by atoms with van der Waals surface area (Å²) in [5, 5.41) is 0.410. The molecule has 0 fully saturated rings. The Morgan fingerprint density at radius 1 is 1.08 bits per heavy atom. The van der Waals surface area contributed by atoms with Gasteiger partial charge >= 0.3 is 0 Å². The van der Waals surface area contributed by atoms with Crippen LogP contribution in [0.4, 0.5) is 0 Å². The van der Waals surface area contributed by atoms with E-state index in [0.29, 0.717) is 17.6 Å². The number of fused-ring (bicyclic) bond motifs is 1. The second-order valence-electron chi connectivity index (χ2n) is 7.19. The molecule has 3 aromatic rings. The van der Waals surface area contributed by atoms with E-state index in [1.165, 1.54) is 10.9 Å². The average molecular weight is 350 g/mol. The van der Waals surface area contributed by atoms with Gasteiger partial charge in [0.1, 0.15) is 12.9 Å². The van der Waals surface area contributed by atoms with E-state index in [4.69, 9.17) is 0 Å². The summed E-state index contributed by atoms with van der Waals surface area (Å²) in [6, 6.07) is 13.2. The first-order chi connectivity index (χ1) is 12.4. The van der Waals surface area contributed by atoms with Crippen LogP contribution < -0.4 is 5.56 Å². The zero-order chi connectivity index (χ0) is 18.7. The first-order valence-electron chi connectivity index (χ1n) is 8.51. The summed E-state index contributed by atoms with van der Waals surface area (Å²) in [5.41, 5.74) is 0.801. The average Bonchev–Trinajstić information content (AvgIpc) is 2.62. The SMILES string of the molecule is CC(C)(C)N(Cc1ccccc1)C(=O)Cn1cnc2ncccc2c1=O. The van der Waals surface area contributed by atoms with E-state index in [-0.39, 0.29) is 23.6 Å². The van der Waals surface area contributed by atoms with Gasteiger partial charge in [-0.2, -0.15) is 0 Å². The summed E-state index contributed by atoms with van der Waals surface area (Å²) in [6.07, 6.45) is 2.98. The number of benzene rings is 1. The summed E-state index contributed by atoms with van der Waals surface area (Å²) in [6.45, 7) is 6.39. The summed E-state index contributed by atoms with van der Waals surface area (Å²) < 4.78 is 1.34. The van der Waals surface area contributed by atoms with Crippen LogP contribution in [0.2, 0.25) is 0 Å². The number of hydrogen-bond donors (Lipinski definition) is 0. The smallest absolute Gasteiger partial charge is 0.263 e. The van der Waals surface area contributed by atoms with Gasteiger partial charge in [0, 0.05) is 18.3 Å². The highest BCUT2D eigenvalue weighted by atomic mass is 16.2. The molecule has 0 spiro atoms. The number of rotatable bonds is 4. The van der Waals surface area contributed by atoms with Gasteiger partial charge in [-0.15, -0.1) is 0 Å². The molecule has 0 unspecified atom stereocenters. The molecule has 26 heavy (non-hydrogen) atoms. The van der Waals surface area contributed by atoms with Crippen LogP contribution in [-0.2, 0) is 17.9 Å². The Morgan fingerprint density at radius 3 is 2.50 bits per heavy atom. The molecule has 1 aromatic carbocycles. The fourth-order valence-electron chi connectivity index (χ4n) is 2.81. The first-order valence-corrected chi connectivity index (χ1v) is 8.51. The summed E-state index contributed by atoms with van der Waals surface area (Å²) >= 11 is 0. The van der Waals surface area contributed by atoms with Crippen molar-refractivity contribution in [2.75, 3.05) is 0 Å².